The van der Waals surface area contributed by atoms with Crippen LogP contribution in [0.1, 0.15) is 52.8 Å². The fraction of sp³-hybridized carbons (Fsp3) is 0.440. The van der Waals surface area contributed by atoms with Gasteiger partial charge in [-0.1, -0.05) is 13.8 Å². The first-order valence-electron chi connectivity index (χ1n) is 12.1. The second-order valence-corrected chi connectivity index (χ2v) is 10.3. The summed E-state index contributed by atoms with van der Waals surface area (Å²) in [5, 5.41) is 18.5. The number of carbonyl (C=O) groups is 1. The van der Waals surface area contributed by atoms with Crippen LogP contribution >= 0.6 is 0 Å². The number of ether oxygens (including phenoxy) is 1. The van der Waals surface area contributed by atoms with E-state index < -0.39 is 17.6 Å². The number of fused-ring (bicyclic) bond motifs is 1. The van der Waals surface area contributed by atoms with E-state index in [2.05, 4.69) is 49.7 Å². The molecule has 0 saturated heterocycles. The van der Waals surface area contributed by atoms with Gasteiger partial charge in [0.2, 0.25) is 11.9 Å². The van der Waals surface area contributed by atoms with Gasteiger partial charge >= 0.3 is 6.09 Å². The maximum Gasteiger partial charge on any atom is 0.407 e. The van der Waals surface area contributed by atoms with Gasteiger partial charge in [-0.2, -0.15) is 9.49 Å². The van der Waals surface area contributed by atoms with Crippen LogP contribution < -0.4 is 10.6 Å². The summed E-state index contributed by atoms with van der Waals surface area (Å²) in [6, 6.07) is 6.61. The fourth-order valence-corrected chi connectivity index (χ4v) is 3.97. The fourth-order valence-electron chi connectivity index (χ4n) is 3.97. The van der Waals surface area contributed by atoms with Crippen molar-refractivity contribution >= 4 is 23.5 Å². The molecule has 11 nitrogen and oxygen atoms in total. The molecule has 4 aromatic heterocycles. The molecular formula is C25H32FN9O2. The van der Waals surface area contributed by atoms with E-state index in [1.165, 1.54) is 10.5 Å². The minimum absolute atomic E-state index is 0.240. The number of aromatic nitrogens is 7. The van der Waals surface area contributed by atoms with E-state index in [0.717, 1.165) is 5.82 Å². The van der Waals surface area contributed by atoms with Crippen LogP contribution in [0.5, 0.6) is 0 Å². The zero-order valence-electron chi connectivity index (χ0n) is 21.9. The van der Waals surface area contributed by atoms with Crippen LogP contribution in [0.3, 0.4) is 0 Å². The Bertz CT molecular complexity index is 1390. The molecule has 0 radical (unpaired) electrons. The monoisotopic (exact) mass is 509 g/mol. The van der Waals surface area contributed by atoms with Crippen molar-refractivity contribution < 1.29 is 13.9 Å². The van der Waals surface area contributed by atoms with Gasteiger partial charge < -0.3 is 15.4 Å². The first kappa shape index (κ1) is 26.0. The van der Waals surface area contributed by atoms with Gasteiger partial charge in [-0.15, -0.1) is 10.2 Å². The van der Waals surface area contributed by atoms with Crippen molar-refractivity contribution in [1.29, 1.82) is 0 Å². The van der Waals surface area contributed by atoms with E-state index in [1.54, 1.807) is 63.1 Å². The Morgan fingerprint density at radius 1 is 1.16 bits per heavy atom. The SMILES string of the molecule is CC(C)CC(CNC(=O)OC(C)(C)C)c1nnc2cc(-c3ccnc(Nc4ccnn4C)n3)cc(F)n12. The molecule has 4 aromatic rings. The molecule has 0 spiro atoms. The van der Waals surface area contributed by atoms with E-state index in [9.17, 15) is 4.79 Å². The van der Waals surface area contributed by atoms with Gasteiger partial charge in [-0.3, -0.25) is 9.08 Å². The summed E-state index contributed by atoms with van der Waals surface area (Å²) in [6.45, 7) is 9.75. The lowest BCUT2D eigenvalue weighted by Gasteiger charge is -2.22. The standard InChI is InChI=1S/C25H32FN9O2/c1-15(2)11-17(14-28-24(36)37-25(3,4)5)22-33-32-21-13-16(12-19(26)35(21)22)18-7-9-27-23(30-18)31-20-8-10-29-34(20)6/h7-10,12-13,15,17H,11,14H2,1-6H3,(H,28,36)(H,27,30,31). The maximum absolute atomic E-state index is 15.5. The van der Waals surface area contributed by atoms with Crippen molar-refractivity contribution in [3.05, 3.63) is 48.4 Å². The van der Waals surface area contributed by atoms with Crippen molar-refractivity contribution in [2.45, 2.75) is 52.6 Å². The van der Waals surface area contributed by atoms with Gasteiger partial charge in [0, 0.05) is 43.4 Å². The quantitative estimate of drug-likeness (QED) is 0.334. The van der Waals surface area contributed by atoms with Crippen LogP contribution in [0.4, 0.5) is 21.0 Å². The smallest absolute Gasteiger partial charge is 0.407 e. The van der Waals surface area contributed by atoms with Crippen LogP contribution in [0, 0.1) is 11.9 Å². The zero-order chi connectivity index (χ0) is 26.7. The molecule has 196 valence electrons. The minimum Gasteiger partial charge on any atom is -0.444 e. The summed E-state index contributed by atoms with van der Waals surface area (Å²) in [4.78, 5) is 21.0. The molecule has 0 aliphatic rings. The molecular weight excluding hydrogens is 477 g/mol. The van der Waals surface area contributed by atoms with Crippen LogP contribution in [-0.4, -0.2) is 52.6 Å². The Labute approximate surface area is 214 Å². The number of carbonyl (C=O) groups excluding carboxylic acids is 1. The summed E-state index contributed by atoms with van der Waals surface area (Å²) in [5.74, 6) is 0.997. The zero-order valence-corrected chi connectivity index (χ0v) is 21.9. The third kappa shape index (κ3) is 6.38. The van der Waals surface area contributed by atoms with Crippen molar-refractivity contribution in [3.63, 3.8) is 0 Å². The molecule has 0 saturated carbocycles. The molecule has 1 unspecified atom stereocenters. The third-order valence-electron chi connectivity index (χ3n) is 5.51. The number of pyridine rings is 1. The number of hydrogen-bond donors (Lipinski definition) is 2. The van der Waals surface area contributed by atoms with Crippen molar-refractivity contribution in [2.75, 3.05) is 11.9 Å². The minimum atomic E-state index is -0.615. The van der Waals surface area contributed by atoms with Crippen molar-refractivity contribution in [2.24, 2.45) is 13.0 Å². The van der Waals surface area contributed by atoms with Crippen LogP contribution in [0.25, 0.3) is 16.9 Å². The maximum atomic E-state index is 15.5. The molecule has 0 aliphatic heterocycles. The lowest BCUT2D eigenvalue weighted by Crippen LogP contribution is -2.35. The summed E-state index contributed by atoms with van der Waals surface area (Å²) in [7, 11) is 1.80. The summed E-state index contributed by atoms with van der Waals surface area (Å²) >= 11 is 0. The van der Waals surface area contributed by atoms with Gasteiger partial charge in [-0.25, -0.2) is 14.8 Å². The van der Waals surface area contributed by atoms with Crippen LogP contribution in [-0.2, 0) is 11.8 Å². The first-order valence-corrected chi connectivity index (χ1v) is 12.1. The molecule has 12 heteroatoms. The Morgan fingerprint density at radius 3 is 2.62 bits per heavy atom. The Hall–Kier alpha value is -4.09. The number of halogens is 1. The van der Waals surface area contributed by atoms with Gasteiger partial charge in [0.25, 0.3) is 0 Å². The molecule has 37 heavy (non-hydrogen) atoms. The molecule has 1 atom stereocenters. The number of nitrogens with one attached hydrogen (secondary N) is 2. The highest BCUT2D eigenvalue weighted by molar-refractivity contribution is 5.68. The molecule has 2 N–H and O–H groups in total. The lowest BCUT2D eigenvalue weighted by molar-refractivity contribution is 0.0522. The number of rotatable bonds is 8. The van der Waals surface area contributed by atoms with Crippen LogP contribution in [0.2, 0.25) is 0 Å². The highest BCUT2D eigenvalue weighted by Gasteiger charge is 2.24. The Kier molecular flexibility index (Phi) is 7.37. The predicted octanol–water partition coefficient (Wildman–Crippen LogP) is 4.46. The van der Waals surface area contributed by atoms with Gasteiger partial charge in [-0.05, 0) is 45.2 Å². The molecule has 4 rings (SSSR count). The molecule has 0 aliphatic carbocycles. The number of amides is 1. The molecule has 0 aromatic carbocycles. The normalized spacial score (nSPS) is 12.6. The molecule has 1 amide bonds. The number of alkyl carbamates (subject to hydrolysis) is 1. The average Bonchev–Trinajstić information content (AvgIpc) is 3.42. The van der Waals surface area contributed by atoms with Gasteiger partial charge in [0.15, 0.2) is 5.65 Å². The van der Waals surface area contributed by atoms with E-state index in [1.807, 2.05) is 0 Å². The van der Waals surface area contributed by atoms with E-state index >= 15 is 4.39 Å². The number of hydrogen-bond acceptors (Lipinski definition) is 8. The second kappa shape index (κ2) is 10.5. The summed E-state index contributed by atoms with van der Waals surface area (Å²) in [5.41, 5.74) is 0.786. The Morgan fingerprint density at radius 2 is 1.95 bits per heavy atom. The van der Waals surface area contributed by atoms with Crippen molar-refractivity contribution in [3.8, 4) is 11.3 Å². The topological polar surface area (TPSA) is 124 Å². The highest BCUT2D eigenvalue weighted by Crippen LogP contribution is 2.27. The molecule has 0 fully saturated rings. The first-order chi connectivity index (χ1) is 17.5. The van der Waals surface area contributed by atoms with E-state index in [-0.39, 0.29) is 18.4 Å². The van der Waals surface area contributed by atoms with Crippen LogP contribution in [0.15, 0.2) is 36.7 Å². The van der Waals surface area contributed by atoms with E-state index in [0.29, 0.717) is 35.1 Å². The predicted molar refractivity (Wildman–Crippen MR) is 137 cm³/mol. The average molecular weight is 510 g/mol. The largest absolute Gasteiger partial charge is 0.444 e. The molecule has 0 bridgehead atoms. The van der Waals surface area contributed by atoms with E-state index in [4.69, 9.17) is 4.74 Å². The summed E-state index contributed by atoms with van der Waals surface area (Å²) in [6.07, 6.45) is 3.40. The van der Waals surface area contributed by atoms with Gasteiger partial charge in [0.05, 0.1) is 11.9 Å². The number of aryl methyl sites for hydroxylation is 1. The third-order valence-corrected chi connectivity index (χ3v) is 5.51. The van der Waals surface area contributed by atoms with Gasteiger partial charge in [0.1, 0.15) is 17.2 Å². The van der Waals surface area contributed by atoms with Crippen molar-refractivity contribution in [1.82, 2.24) is 39.7 Å². The Balaban J connectivity index is 1.61. The summed E-state index contributed by atoms with van der Waals surface area (Å²) < 4.78 is 23.9. The highest BCUT2D eigenvalue weighted by atomic mass is 19.1. The number of nitrogens with zero attached hydrogens (tertiary/aromatic N) is 7. The molecule has 4 heterocycles. The number of anilines is 2. The lowest BCUT2D eigenvalue weighted by atomic mass is 9.96. The second-order valence-electron chi connectivity index (χ2n) is 10.3.